The number of hydrogen-bond donors (Lipinski definition) is 3. The van der Waals surface area contributed by atoms with E-state index in [0.29, 0.717) is 0 Å². The highest BCUT2D eigenvalue weighted by molar-refractivity contribution is 6.11. The Labute approximate surface area is 59.8 Å². The summed E-state index contributed by atoms with van der Waals surface area (Å²) in [5, 5.41) is 26.8. The van der Waals surface area contributed by atoms with Crippen molar-refractivity contribution in [3.05, 3.63) is 0 Å². The summed E-state index contributed by atoms with van der Waals surface area (Å²) in [4.78, 5) is 0. The molecule has 1 aliphatic rings. The molecule has 2 unspecified atom stereocenters. The first-order valence-corrected chi connectivity index (χ1v) is 3.29. The zero-order valence-electron chi connectivity index (χ0n) is 5.77. The molecule has 58 valence electrons. The highest BCUT2D eigenvalue weighted by atomic mass is 16.5. The van der Waals surface area contributed by atoms with Crippen LogP contribution in [0.2, 0.25) is 0 Å². The van der Waals surface area contributed by atoms with Crippen molar-refractivity contribution in [2.24, 2.45) is 0 Å². The second-order valence-corrected chi connectivity index (χ2v) is 2.54. The molecule has 0 amide bonds. The van der Waals surface area contributed by atoms with E-state index in [-0.39, 0.29) is 12.6 Å². The lowest BCUT2D eigenvalue weighted by Crippen LogP contribution is -2.33. The van der Waals surface area contributed by atoms with Crippen molar-refractivity contribution in [2.75, 3.05) is 6.61 Å². The maximum absolute atomic E-state index is 9.09. The molecule has 3 N–H and O–H groups in total. The highest BCUT2D eigenvalue weighted by Gasteiger charge is 2.39. The summed E-state index contributed by atoms with van der Waals surface area (Å²) in [5.41, 5.74) is 0. The Kier molecular flexibility index (Phi) is 2.30. The van der Waals surface area contributed by atoms with Crippen molar-refractivity contribution in [3.63, 3.8) is 0 Å². The molecule has 0 aromatic heterocycles. The van der Waals surface area contributed by atoms with Crippen LogP contribution in [0.1, 0.15) is 0 Å². The molecular formula is C5H11BO4. The average molecular weight is 146 g/mol. The molecule has 4 atom stereocenters. The zero-order valence-corrected chi connectivity index (χ0v) is 5.77. The second-order valence-electron chi connectivity index (χ2n) is 2.54. The van der Waals surface area contributed by atoms with Crippen molar-refractivity contribution in [1.82, 2.24) is 0 Å². The van der Waals surface area contributed by atoms with Crippen LogP contribution in [0.25, 0.3) is 0 Å². The summed E-state index contributed by atoms with van der Waals surface area (Å²) < 4.78 is 4.98. The fourth-order valence-electron chi connectivity index (χ4n) is 1.09. The first-order chi connectivity index (χ1) is 4.66. The van der Waals surface area contributed by atoms with Crippen molar-refractivity contribution in [3.8, 4) is 0 Å². The van der Waals surface area contributed by atoms with Crippen LogP contribution in [0.5, 0.6) is 0 Å². The van der Waals surface area contributed by atoms with E-state index in [1.807, 2.05) is 0 Å². The van der Waals surface area contributed by atoms with Crippen molar-refractivity contribution in [2.45, 2.75) is 24.3 Å². The van der Waals surface area contributed by atoms with Gasteiger partial charge in [-0.15, -0.1) is 0 Å². The number of hydrogen-bond acceptors (Lipinski definition) is 4. The van der Waals surface area contributed by atoms with Crippen LogP contribution in [0, 0.1) is 0 Å². The molecule has 0 spiro atoms. The van der Waals surface area contributed by atoms with Gasteiger partial charge in [0.1, 0.15) is 26.2 Å². The molecule has 0 saturated carbocycles. The molecule has 0 bridgehead atoms. The molecule has 1 saturated heterocycles. The summed E-state index contributed by atoms with van der Waals surface area (Å²) in [5.74, 6) is 0. The third kappa shape index (κ3) is 1.18. The first-order valence-electron chi connectivity index (χ1n) is 3.29. The molecule has 0 aliphatic carbocycles. The molecule has 1 rings (SSSR count). The van der Waals surface area contributed by atoms with Gasteiger partial charge in [0, 0.05) is 0 Å². The monoisotopic (exact) mass is 146 g/mol. The SMILES string of the molecule is BC1OC(CO)[C@@H](O)[C@H]1O. The van der Waals surface area contributed by atoms with Gasteiger partial charge in [-0.3, -0.25) is 0 Å². The van der Waals surface area contributed by atoms with E-state index >= 15 is 0 Å². The lowest BCUT2D eigenvalue weighted by atomic mass is 9.93. The minimum atomic E-state index is -0.944. The van der Waals surface area contributed by atoms with Gasteiger partial charge in [0.2, 0.25) is 0 Å². The molecule has 10 heavy (non-hydrogen) atoms. The highest BCUT2D eigenvalue weighted by Crippen LogP contribution is 2.18. The Hall–Kier alpha value is -0.0951. The molecule has 4 nitrogen and oxygen atoms in total. The van der Waals surface area contributed by atoms with Crippen LogP contribution < -0.4 is 0 Å². The van der Waals surface area contributed by atoms with Crippen LogP contribution in [0.3, 0.4) is 0 Å². The van der Waals surface area contributed by atoms with E-state index in [1.165, 1.54) is 0 Å². The quantitative estimate of drug-likeness (QED) is 0.346. The van der Waals surface area contributed by atoms with E-state index in [9.17, 15) is 0 Å². The maximum Gasteiger partial charge on any atom is 0.142 e. The zero-order chi connectivity index (χ0) is 7.72. The fraction of sp³-hybridized carbons (Fsp3) is 1.00. The van der Waals surface area contributed by atoms with Crippen LogP contribution >= 0.6 is 0 Å². The summed E-state index contributed by atoms with van der Waals surface area (Å²) in [7, 11) is 1.66. The summed E-state index contributed by atoms with van der Waals surface area (Å²) >= 11 is 0. The molecule has 0 aromatic carbocycles. The topological polar surface area (TPSA) is 69.9 Å². The van der Waals surface area contributed by atoms with Crippen molar-refractivity contribution in [1.29, 1.82) is 0 Å². The van der Waals surface area contributed by atoms with Crippen LogP contribution in [-0.4, -0.2) is 54.1 Å². The summed E-state index contributed by atoms with van der Waals surface area (Å²) in [6.07, 6.45) is -2.43. The number of aliphatic hydroxyl groups is 3. The predicted octanol–water partition coefficient (Wildman–Crippen LogP) is -2.94. The van der Waals surface area contributed by atoms with Gasteiger partial charge in [-0.25, -0.2) is 0 Å². The lowest BCUT2D eigenvalue weighted by Gasteiger charge is -2.10. The van der Waals surface area contributed by atoms with Crippen LogP contribution in [-0.2, 0) is 4.74 Å². The standard InChI is InChI=1S/C5H11BO4/c6-5-4(9)3(8)2(1-7)10-5/h2-5,7-9H,1,6H2/t2?,3-,4-,5?/m1/s1. The third-order valence-corrected chi connectivity index (χ3v) is 1.78. The number of rotatable bonds is 1. The fourth-order valence-corrected chi connectivity index (χ4v) is 1.09. The van der Waals surface area contributed by atoms with Crippen molar-refractivity contribution < 1.29 is 20.1 Å². The molecule has 1 aliphatic heterocycles. The second kappa shape index (κ2) is 2.88. The van der Waals surface area contributed by atoms with E-state index < -0.39 is 18.3 Å². The first kappa shape index (κ1) is 8.01. The van der Waals surface area contributed by atoms with Crippen molar-refractivity contribution >= 4 is 7.85 Å². The third-order valence-electron chi connectivity index (χ3n) is 1.78. The Balaban J connectivity index is 2.53. The van der Waals surface area contributed by atoms with E-state index in [1.54, 1.807) is 7.85 Å². The maximum atomic E-state index is 9.09. The summed E-state index contributed by atoms with van der Waals surface area (Å²) in [6.45, 7) is -0.247. The van der Waals surface area contributed by atoms with Gasteiger partial charge in [-0.2, -0.15) is 0 Å². The normalized spacial score (nSPS) is 47.9. The number of ether oxygens (including phenoxy) is 1. The van der Waals surface area contributed by atoms with E-state index in [2.05, 4.69) is 0 Å². The Morgan fingerprint density at radius 1 is 1.30 bits per heavy atom. The molecule has 0 radical (unpaired) electrons. The Bertz CT molecular complexity index is 120. The Morgan fingerprint density at radius 2 is 1.90 bits per heavy atom. The predicted molar refractivity (Wildman–Crippen MR) is 36.3 cm³/mol. The molecule has 5 heteroatoms. The van der Waals surface area contributed by atoms with Gasteiger partial charge >= 0.3 is 0 Å². The van der Waals surface area contributed by atoms with E-state index in [0.717, 1.165) is 0 Å². The smallest absolute Gasteiger partial charge is 0.142 e. The van der Waals surface area contributed by atoms with E-state index in [4.69, 9.17) is 20.1 Å². The largest absolute Gasteiger partial charge is 0.394 e. The molecule has 0 aromatic rings. The van der Waals surface area contributed by atoms with Gasteiger partial charge in [-0.05, 0) is 0 Å². The lowest BCUT2D eigenvalue weighted by molar-refractivity contribution is -0.00875. The van der Waals surface area contributed by atoms with Crippen LogP contribution in [0.15, 0.2) is 0 Å². The van der Waals surface area contributed by atoms with Gasteiger partial charge in [0.15, 0.2) is 0 Å². The van der Waals surface area contributed by atoms with Crippen LogP contribution in [0.4, 0.5) is 0 Å². The van der Waals surface area contributed by atoms with Gasteiger partial charge in [0.25, 0.3) is 0 Å². The minimum absolute atomic E-state index is 0.247. The van der Waals surface area contributed by atoms with Gasteiger partial charge in [0.05, 0.1) is 12.6 Å². The Morgan fingerprint density at radius 3 is 2.10 bits per heavy atom. The van der Waals surface area contributed by atoms with Gasteiger partial charge in [-0.1, -0.05) is 0 Å². The van der Waals surface area contributed by atoms with Gasteiger partial charge < -0.3 is 20.1 Å². The minimum Gasteiger partial charge on any atom is -0.394 e. The molecular weight excluding hydrogens is 135 g/mol. The average Bonchev–Trinajstić information content (AvgIpc) is 2.17. The number of aliphatic hydroxyl groups excluding tert-OH is 3. The molecule has 1 heterocycles. The summed E-state index contributed by atoms with van der Waals surface area (Å²) in [6, 6.07) is -0.382. The molecule has 1 fully saturated rings.